The molecule has 2 aromatic carbocycles. The topological polar surface area (TPSA) is 18.5 Å². The summed E-state index contributed by atoms with van der Waals surface area (Å²) in [5.74, 6) is -13.4. The van der Waals surface area contributed by atoms with Crippen LogP contribution < -0.4 is 4.74 Å². The Morgan fingerprint density at radius 3 is 2.05 bits per heavy atom. The van der Waals surface area contributed by atoms with Crippen molar-refractivity contribution in [1.82, 2.24) is 0 Å². The summed E-state index contributed by atoms with van der Waals surface area (Å²) in [5.41, 5.74) is -2.36. The van der Waals surface area contributed by atoms with Crippen molar-refractivity contribution >= 4 is 0 Å². The molecule has 38 heavy (non-hydrogen) atoms. The van der Waals surface area contributed by atoms with E-state index >= 15 is 22.0 Å². The van der Waals surface area contributed by atoms with Gasteiger partial charge < -0.3 is 9.47 Å². The lowest BCUT2D eigenvalue weighted by atomic mass is 9.73. The number of alkyl halides is 4. The first-order valence-electron chi connectivity index (χ1n) is 13.5. The summed E-state index contributed by atoms with van der Waals surface area (Å²) in [6, 6.07) is 4.84. The van der Waals surface area contributed by atoms with Crippen molar-refractivity contribution in [2.24, 2.45) is 5.92 Å². The predicted octanol–water partition coefficient (Wildman–Crippen LogP) is 9.36. The highest BCUT2D eigenvalue weighted by Gasteiger charge is 2.65. The minimum Gasteiger partial charge on any atom is -0.498 e. The van der Waals surface area contributed by atoms with Gasteiger partial charge in [-0.2, -0.15) is 17.6 Å². The molecule has 1 aliphatic heterocycles. The number of allylic oxidation sites excluding steroid dienone is 1. The van der Waals surface area contributed by atoms with Gasteiger partial charge in [-0.1, -0.05) is 25.5 Å². The highest BCUT2D eigenvalue weighted by atomic mass is 19.3. The van der Waals surface area contributed by atoms with Crippen LogP contribution in [0.5, 0.6) is 5.75 Å². The molecule has 5 rings (SSSR count). The van der Waals surface area contributed by atoms with E-state index in [0.29, 0.717) is 12.8 Å². The third-order valence-electron chi connectivity index (χ3n) is 8.36. The Morgan fingerprint density at radius 2 is 1.47 bits per heavy atom. The molecule has 0 saturated heterocycles. The molecule has 1 unspecified atom stereocenters. The van der Waals surface area contributed by atoms with Gasteiger partial charge in [0.05, 0.1) is 24.0 Å². The first kappa shape index (κ1) is 26.9. The molecule has 0 aromatic heterocycles. The van der Waals surface area contributed by atoms with E-state index in [-0.39, 0.29) is 30.1 Å². The molecule has 1 heterocycles. The van der Waals surface area contributed by atoms with Crippen LogP contribution in [0.2, 0.25) is 0 Å². The zero-order valence-corrected chi connectivity index (χ0v) is 21.6. The predicted molar refractivity (Wildman–Crippen MR) is 133 cm³/mol. The molecule has 0 amide bonds. The standard InChI is InChI=1S/C30H32F6O2/c1-3-5-17-6-14-23(38-16-17)19-9-7-18(8-10-19)20-11-12-21-22-13-15-24(37-4-2)28(32)26(22)30(35,36)29(33,34)25(21)27(20)31/h11-13,15-16,18-19,23H,3-10,14H2,1-2H3. The average Bonchev–Trinajstić information content (AvgIpc) is 2.89. The molecule has 1 saturated carbocycles. The Balaban J connectivity index is 1.43. The van der Waals surface area contributed by atoms with Crippen LogP contribution in [0, 0.1) is 17.6 Å². The van der Waals surface area contributed by atoms with Crippen molar-refractivity contribution in [3.05, 3.63) is 64.4 Å². The average molecular weight is 539 g/mol. The van der Waals surface area contributed by atoms with E-state index in [4.69, 9.17) is 9.47 Å². The van der Waals surface area contributed by atoms with Gasteiger partial charge in [-0.05, 0) is 98.1 Å². The summed E-state index contributed by atoms with van der Waals surface area (Å²) >= 11 is 0. The molecule has 1 atom stereocenters. The first-order valence-corrected chi connectivity index (χ1v) is 13.5. The van der Waals surface area contributed by atoms with Crippen molar-refractivity contribution in [3.8, 4) is 16.9 Å². The Hall–Kier alpha value is -2.64. The van der Waals surface area contributed by atoms with Crippen LogP contribution >= 0.6 is 0 Å². The van der Waals surface area contributed by atoms with E-state index in [1.165, 1.54) is 24.6 Å². The molecule has 0 bridgehead atoms. The number of halogens is 6. The SMILES string of the molecule is CCCC1=COC(C2CCC(c3ccc4c(c3F)C(F)(F)C(F)(F)c3c-4ccc(OCC)c3F)CC2)CC1. The van der Waals surface area contributed by atoms with E-state index in [9.17, 15) is 4.39 Å². The number of fused-ring (bicyclic) bond motifs is 3. The van der Waals surface area contributed by atoms with Gasteiger partial charge in [0.15, 0.2) is 11.6 Å². The number of hydrogen-bond donors (Lipinski definition) is 0. The molecule has 3 aliphatic rings. The number of hydrogen-bond acceptors (Lipinski definition) is 2. The second kappa shape index (κ2) is 10.2. The molecule has 2 aromatic rings. The smallest absolute Gasteiger partial charge is 0.343 e. The van der Waals surface area contributed by atoms with Crippen LogP contribution in [0.3, 0.4) is 0 Å². The number of benzene rings is 2. The molecule has 0 spiro atoms. The van der Waals surface area contributed by atoms with Crippen LogP contribution in [0.1, 0.15) is 87.8 Å². The van der Waals surface area contributed by atoms with E-state index in [1.54, 1.807) is 0 Å². The minimum absolute atomic E-state index is 0.0159. The normalized spacial score (nSPS) is 25.6. The zero-order valence-electron chi connectivity index (χ0n) is 21.6. The molecular weight excluding hydrogens is 506 g/mol. The van der Waals surface area contributed by atoms with Crippen molar-refractivity contribution in [2.45, 2.75) is 89.1 Å². The van der Waals surface area contributed by atoms with E-state index in [1.807, 2.05) is 6.26 Å². The molecule has 2 aliphatic carbocycles. The zero-order chi connectivity index (χ0) is 27.2. The van der Waals surface area contributed by atoms with Crippen molar-refractivity contribution in [3.63, 3.8) is 0 Å². The van der Waals surface area contributed by atoms with Crippen LogP contribution in [0.25, 0.3) is 11.1 Å². The van der Waals surface area contributed by atoms with Crippen molar-refractivity contribution < 1.29 is 35.8 Å². The highest BCUT2D eigenvalue weighted by molar-refractivity contribution is 5.77. The van der Waals surface area contributed by atoms with Gasteiger partial charge in [-0.25, -0.2) is 8.78 Å². The maximum Gasteiger partial charge on any atom is 0.343 e. The number of ether oxygens (including phenoxy) is 2. The highest BCUT2D eigenvalue weighted by Crippen LogP contribution is 2.60. The second-order valence-electron chi connectivity index (χ2n) is 10.6. The van der Waals surface area contributed by atoms with E-state index in [2.05, 4.69) is 6.92 Å². The summed E-state index contributed by atoms with van der Waals surface area (Å²) in [6.07, 6.45) is 8.54. The maximum absolute atomic E-state index is 15.8. The lowest BCUT2D eigenvalue weighted by Gasteiger charge is -2.38. The van der Waals surface area contributed by atoms with Gasteiger partial charge in [-0.3, -0.25) is 0 Å². The summed E-state index contributed by atoms with van der Waals surface area (Å²) in [5, 5.41) is 0. The summed E-state index contributed by atoms with van der Waals surface area (Å²) < 4.78 is 103. The fourth-order valence-corrected chi connectivity index (χ4v) is 6.40. The number of rotatable bonds is 6. The largest absolute Gasteiger partial charge is 0.498 e. The molecule has 0 radical (unpaired) electrons. The third-order valence-corrected chi connectivity index (χ3v) is 8.36. The fraction of sp³-hybridized carbons (Fsp3) is 0.533. The Labute approximate surface area is 219 Å². The molecule has 8 heteroatoms. The Kier molecular flexibility index (Phi) is 7.20. The van der Waals surface area contributed by atoms with Crippen LogP contribution in [-0.2, 0) is 16.6 Å². The molecular formula is C30H32F6O2. The summed E-state index contributed by atoms with van der Waals surface area (Å²) in [7, 11) is 0. The summed E-state index contributed by atoms with van der Waals surface area (Å²) in [4.78, 5) is 0. The minimum atomic E-state index is -4.95. The van der Waals surface area contributed by atoms with Gasteiger partial charge in [0.25, 0.3) is 0 Å². The summed E-state index contributed by atoms with van der Waals surface area (Å²) in [6.45, 7) is 3.62. The van der Waals surface area contributed by atoms with Crippen molar-refractivity contribution in [2.75, 3.05) is 6.61 Å². The van der Waals surface area contributed by atoms with Gasteiger partial charge in [-0.15, -0.1) is 0 Å². The molecule has 0 N–H and O–H groups in total. The van der Waals surface area contributed by atoms with Crippen LogP contribution in [0.15, 0.2) is 36.1 Å². The van der Waals surface area contributed by atoms with E-state index in [0.717, 1.165) is 50.7 Å². The van der Waals surface area contributed by atoms with Crippen molar-refractivity contribution in [1.29, 1.82) is 0 Å². The van der Waals surface area contributed by atoms with Gasteiger partial charge in [0.2, 0.25) is 0 Å². The van der Waals surface area contributed by atoms with Gasteiger partial charge in [0, 0.05) is 0 Å². The monoisotopic (exact) mass is 538 g/mol. The maximum atomic E-state index is 15.8. The second-order valence-corrected chi connectivity index (χ2v) is 10.6. The van der Waals surface area contributed by atoms with E-state index < -0.39 is 51.5 Å². The third kappa shape index (κ3) is 4.28. The Morgan fingerprint density at radius 1 is 0.842 bits per heavy atom. The quantitative estimate of drug-likeness (QED) is 0.341. The molecule has 2 nitrogen and oxygen atoms in total. The van der Waals surface area contributed by atoms with Gasteiger partial charge >= 0.3 is 11.8 Å². The molecule has 1 fully saturated rings. The van der Waals surface area contributed by atoms with Crippen LogP contribution in [-0.4, -0.2) is 12.7 Å². The fourth-order valence-electron chi connectivity index (χ4n) is 6.40. The lowest BCUT2D eigenvalue weighted by Crippen LogP contribution is -2.41. The van der Waals surface area contributed by atoms with Gasteiger partial charge in [0.1, 0.15) is 11.9 Å². The van der Waals surface area contributed by atoms with Crippen LogP contribution in [0.4, 0.5) is 26.3 Å². The first-order chi connectivity index (χ1) is 18.1. The Bertz CT molecular complexity index is 1230. The molecule has 206 valence electrons. The lowest BCUT2D eigenvalue weighted by molar-refractivity contribution is -0.228.